The Hall–Kier alpha value is -3.05. The van der Waals surface area contributed by atoms with E-state index in [1.165, 1.54) is 0 Å². The number of nitrogens with one attached hydrogen (secondary N) is 1. The highest BCUT2D eigenvalue weighted by Crippen LogP contribution is 2.32. The third-order valence-corrected chi connectivity index (χ3v) is 4.40. The monoisotopic (exact) mass is 364 g/mol. The Labute approximate surface area is 156 Å². The van der Waals surface area contributed by atoms with Crippen molar-refractivity contribution in [1.82, 2.24) is 14.6 Å². The number of halogens is 1. The van der Waals surface area contributed by atoms with E-state index in [-0.39, 0.29) is 0 Å². The van der Waals surface area contributed by atoms with E-state index in [1.54, 1.807) is 17.8 Å². The van der Waals surface area contributed by atoms with Crippen LogP contribution >= 0.6 is 11.6 Å². The van der Waals surface area contributed by atoms with Crippen LogP contribution in [0, 0.1) is 0 Å². The largest absolute Gasteiger partial charge is 0.497 e. The summed E-state index contributed by atoms with van der Waals surface area (Å²) in [5, 5.41) is 8.77. The maximum Gasteiger partial charge on any atom is 0.165 e. The number of rotatable bonds is 5. The first-order chi connectivity index (χ1) is 12.7. The molecule has 0 spiro atoms. The highest BCUT2D eigenvalue weighted by molar-refractivity contribution is 6.30. The lowest BCUT2D eigenvalue weighted by atomic mass is 10.1. The van der Waals surface area contributed by atoms with Crippen molar-refractivity contribution in [3.8, 4) is 16.9 Å². The van der Waals surface area contributed by atoms with Crippen molar-refractivity contribution in [2.45, 2.75) is 6.54 Å². The van der Waals surface area contributed by atoms with E-state index >= 15 is 0 Å². The van der Waals surface area contributed by atoms with Crippen LogP contribution in [0.15, 0.2) is 67.0 Å². The van der Waals surface area contributed by atoms with Crippen LogP contribution in [-0.2, 0) is 6.54 Å². The van der Waals surface area contributed by atoms with Gasteiger partial charge in [0, 0.05) is 24.0 Å². The predicted molar refractivity (Wildman–Crippen MR) is 104 cm³/mol. The van der Waals surface area contributed by atoms with Crippen molar-refractivity contribution in [3.05, 3.63) is 77.6 Å². The summed E-state index contributed by atoms with van der Waals surface area (Å²) in [4.78, 5) is 4.49. The quantitative estimate of drug-likeness (QED) is 0.559. The third-order valence-electron chi connectivity index (χ3n) is 4.15. The van der Waals surface area contributed by atoms with Gasteiger partial charge in [0.15, 0.2) is 11.5 Å². The maximum absolute atomic E-state index is 6.03. The van der Waals surface area contributed by atoms with Gasteiger partial charge in [-0.05, 0) is 41.5 Å². The molecule has 2 aromatic carbocycles. The summed E-state index contributed by atoms with van der Waals surface area (Å²) >= 11 is 6.03. The molecule has 4 aromatic rings. The second-order valence-electron chi connectivity index (χ2n) is 5.82. The fourth-order valence-electron chi connectivity index (χ4n) is 2.82. The number of aromatic nitrogens is 3. The van der Waals surface area contributed by atoms with Crippen molar-refractivity contribution in [3.63, 3.8) is 0 Å². The molecule has 0 radical (unpaired) electrons. The van der Waals surface area contributed by atoms with Crippen molar-refractivity contribution in [1.29, 1.82) is 0 Å². The molecule has 4 rings (SSSR count). The molecule has 6 heteroatoms. The molecular weight excluding hydrogens is 348 g/mol. The zero-order chi connectivity index (χ0) is 17.9. The van der Waals surface area contributed by atoms with Crippen LogP contribution in [0.25, 0.3) is 16.8 Å². The second kappa shape index (κ2) is 7.06. The number of anilines is 1. The molecule has 130 valence electrons. The minimum Gasteiger partial charge on any atom is -0.497 e. The van der Waals surface area contributed by atoms with Gasteiger partial charge in [0.05, 0.1) is 12.7 Å². The van der Waals surface area contributed by atoms with E-state index in [0.717, 1.165) is 33.9 Å². The highest BCUT2D eigenvalue weighted by atomic mass is 35.5. The molecule has 2 heterocycles. The molecule has 0 fully saturated rings. The smallest absolute Gasteiger partial charge is 0.165 e. The normalized spacial score (nSPS) is 10.8. The average molecular weight is 365 g/mol. The van der Waals surface area contributed by atoms with Crippen LogP contribution in [0.5, 0.6) is 5.75 Å². The number of fused-ring (bicyclic) bond motifs is 1. The van der Waals surface area contributed by atoms with Crippen LogP contribution in [0.2, 0.25) is 5.02 Å². The molecule has 0 amide bonds. The van der Waals surface area contributed by atoms with Crippen molar-refractivity contribution < 1.29 is 4.74 Å². The summed E-state index contributed by atoms with van der Waals surface area (Å²) in [5.74, 6) is 1.62. The standard InChI is InChI=1S/C20H17ClN4O/c1-26-17-9-3-14(4-10-17)13-23-19-18(15-5-7-16(21)8-6-15)20-22-11-2-12-25(20)24-19/h2-12H,13H2,1H3,(H,23,24). The molecule has 26 heavy (non-hydrogen) atoms. The number of hydrogen-bond donors (Lipinski definition) is 1. The summed E-state index contributed by atoms with van der Waals surface area (Å²) < 4.78 is 6.98. The minimum absolute atomic E-state index is 0.647. The first-order valence-electron chi connectivity index (χ1n) is 8.21. The highest BCUT2D eigenvalue weighted by Gasteiger charge is 2.15. The van der Waals surface area contributed by atoms with Gasteiger partial charge in [0.25, 0.3) is 0 Å². The van der Waals surface area contributed by atoms with E-state index in [1.807, 2.05) is 60.8 Å². The number of ether oxygens (including phenoxy) is 1. The molecule has 0 aliphatic rings. The first-order valence-corrected chi connectivity index (χ1v) is 8.58. The Morgan fingerprint density at radius 2 is 1.85 bits per heavy atom. The zero-order valence-corrected chi connectivity index (χ0v) is 14.9. The van der Waals surface area contributed by atoms with Crippen molar-refractivity contribution in [2.24, 2.45) is 0 Å². The molecular formula is C20H17ClN4O. The molecule has 0 unspecified atom stereocenters. The summed E-state index contributed by atoms with van der Waals surface area (Å²) in [7, 11) is 1.66. The lowest BCUT2D eigenvalue weighted by Crippen LogP contribution is -2.01. The lowest BCUT2D eigenvalue weighted by molar-refractivity contribution is 0.414. The number of methoxy groups -OCH3 is 1. The fourth-order valence-corrected chi connectivity index (χ4v) is 2.95. The predicted octanol–water partition coefficient (Wildman–Crippen LogP) is 4.67. The first kappa shape index (κ1) is 16.4. The number of benzene rings is 2. The Balaban J connectivity index is 1.69. The Morgan fingerprint density at radius 3 is 2.58 bits per heavy atom. The van der Waals surface area contributed by atoms with E-state index in [9.17, 15) is 0 Å². The number of hydrogen-bond acceptors (Lipinski definition) is 4. The Morgan fingerprint density at radius 1 is 1.08 bits per heavy atom. The number of nitrogens with zero attached hydrogens (tertiary/aromatic N) is 3. The zero-order valence-electron chi connectivity index (χ0n) is 14.2. The second-order valence-corrected chi connectivity index (χ2v) is 6.26. The fraction of sp³-hybridized carbons (Fsp3) is 0.100. The Bertz CT molecular complexity index is 1030. The van der Waals surface area contributed by atoms with Gasteiger partial charge in [-0.1, -0.05) is 35.9 Å². The van der Waals surface area contributed by atoms with Crippen molar-refractivity contribution in [2.75, 3.05) is 12.4 Å². The van der Waals surface area contributed by atoms with Gasteiger partial charge in [-0.15, -0.1) is 5.10 Å². The molecule has 0 aliphatic carbocycles. The van der Waals surface area contributed by atoms with E-state index in [4.69, 9.17) is 16.3 Å². The van der Waals surface area contributed by atoms with Crippen LogP contribution in [-0.4, -0.2) is 21.7 Å². The van der Waals surface area contributed by atoms with Gasteiger partial charge >= 0.3 is 0 Å². The minimum atomic E-state index is 0.647. The molecule has 5 nitrogen and oxygen atoms in total. The van der Waals surface area contributed by atoms with Gasteiger partial charge in [-0.3, -0.25) is 0 Å². The molecule has 0 atom stereocenters. The van der Waals surface area contributed by atoms with E-state index in [0.29, 0.717) is 11.6 Å². The summed E-state index contributed by atoms with van der Waals surface area (Å²) in [6, 6.07) is 17.5. The van der Waals surface area contributed by atoms with Gasteiger partial charge in [-0.2, -0.15) is 0 Å². The van der Waals surface area contributed by atoms with Gasteiger partial charge in [-0.25, -0.2) is 9.50 Å². The summed E-state index contributed by atoms with van der Waals surface area (Å²) in [6.07, 6.45) is 3.66. The maximum atomic E-state index is 6.03. The van der Waals surface area contributed by atoms with Crippen LogP contribution in [0.1, 0.15) is 5.56 Å². The van der Waals surface area contributed by atoms with Gasteiger partial charge in [0.2, 0.25) is 0 Å². The molecule has 0 saturated heterocycles. The van der Waals surface area contributed by atoms with Crippen LogP contribution in [0.3, 0.4) is 0 Å². The van der Waals surface area contributed by atoms with Crippen molar-refractivity contribution >= 4 is 23.1 Å². The average Bonchev–Trinajstić information content (AvgIpc) is 3.06. The van der Waals surface area contributed by atoms with E-state index in [2.05, 4.69) is 15.4 Å². The SMILES string of the molecule is COc1ccc(CNc2nn3cccnc3c2-c2ccc(Cl)cc2)cc1. The summed E-state index contributed by atoms with van der Waals surface area (Å²) in [5.41, 5.74) is 3.90. The molecule has 0 saturated carbocycles. The van der Waals surface area contributed by atoms with Gasteiger partial charge < -0.3 is 10.1 Å². The molecule has 0 bridgehead atoms. The summed E-state index contributed by atoms with van der Waals surface area (Å²) in [6.45, 7) is 0.647. The van der Waals surface area contributed by atoms with Gasteiger partial charge in [0.1, 0.15) is 5.75 Å². The molecule has 1 N–H and O–H groups in total. The Kier molecular flexibility index (Phi) is 4.46. The molecule has 2 aromatic heterocycles. The van der Waals surface area contributed by atoms with E-state index < -0.39 is 0 Å². The topological polar surface area (TPSA) is 51.5 Å². The van der Waals surface area contributed by atoms with Crippen LogP contribution < -0.4 is 10.1 Å². The van der Waals surface area contributed by atoms with Crippen LogP contribution in [0.4, 0.5) is 5.82 Å². The third kappa shape index (κ3) is 3.21. The lowest BCUT2D eigenvalue weighted by Gasteiger charge is -2.07. The molecule has 0 aliphatic heterocycles.